The van der Waals surface area contributed by atoms with Gasteiger partial charge in [0, 0.05) is 0 Å². The highest BCUT2D eigenvalue weighted by atomic mass is 16.3. The highest BCUT2D eigenvalue weighted by molar-refractivity contribution is 5.03. The molecule has 1 atom stereocenters. The number of allylic oxidation sites excluding steroid dienone is 3. The zero-order valence-electron chi connectivity index (χ0n) is 7.62. The van der Waals surface area contributed by atoms with Gasteiger partial charge in [-0.25, -0.2) is 0 Å². The van der Waals surface area contributed by atoms with Gasteiger partial charge in [-0.2, -0.15) is 0 Å². The van der Waals surface area contributed by atoms with Crippen molar-refractivity contribution < 1.29 is 5.11 Å². The Kier molecular flexibility index (Phi) is 5.86. The summed E-state index contributed by atoms with van der Waals surface area (Å²) in [5.74, 6) is 0.556. The fourth-order valence-corrected chi connectivity index (χ4v) is 0.865. The molecule has 0 aromatic rings. The Labute approximate surface area is 69.4 Å². The molecule has 11 heavy (non-hydrogen) atoms. The predicted molar refractivity (Wildman–Crippen MR) is 49.4 cm³/mol. The van der Waals surface area contributed by atoms with E-state index in [0.717, 1.165) is 6.42 Å². The minimum absolute atomic E-state index is 0.286. The van der Waals surface area contributed by atoms with E-state index in [2.05, 4.69) is 13.8 Å². The standard InChI is InChI=1S/C10H18O/c1-4-5-6-7-10(11)8-9(2)3/h4-7,9-11H,8H2,1-3H3/b5-4+,7-6+. The quantitative estimate of drug-likeness (QED) is 0.617. The lowest BCUT2D eigenvalue weighted by molar-refractivity contribution is 0.195. The molecule has 0 amide bonds. The molecule has 0 aromatic heterocycles. The first kappa shape index (κ1) is 10.4. The van der Waals surface area contributed by atoms with Crippen molar-refractivity contribution in [1.29, 1.82) is 0 Å². The monoisotopic (exact) mass is 154 g/mol. The number of rotatable bonds is 4. The molecule has 0 bridgehead atoms. The van der Waals surface area contributed by atoms with Crippen molar-refractivity contribution in [3.8, 4) is 0 Å². The molecule has 0 saturated heterocycles. The van der Waals surface area contributed by atoms with Crippen LogP contribution >= 0.6 is 0 Å². The number of aliphatic hydroxyl groups excluding tert-OH is 1. The lowest BCUT2D eigenvalue weighted by atomic mass is 10.1. The Bertz CT molecular complexity index is 134. The first-order valence-electron chi connectivity index (χ1n) is 4.14. The van der Waals surface area contributed by atoms with Gasteiger partial charge in [-0.15, -0.1) is 0 Å². The molecular formula is C10H18O. The first-order valence-corrected chi connectivity index (χ1v) is 4.14. The molecule has 1 nitrogen and oxygen atoms in total. The van der Waals surface area contributed by atoms with E-state index in [9.17, 15) is 5.11 Å². The molecule has 1 unspecified atom stereocenters. The molecule has 0 fully saturated rings. The van der Waals surface area contributed by atoms with Crippen molar-refractivity contribution in [2.45, 2.75) is 33.3 Å². The number of hydrogen-bond acceptors (Lipinski definition) is 1. The van der Waals surface area contributed by atoms with Crippen molar-refractivity contribution in [1.82, 2.24) is 0 Å². The van der Waals surface area contributed by atoms with E-state index in [0.29, 0.717) is 5.92 Å². The Morgan fingerprint density at radius 3 is 2.36 bits per heavy atom. The minimum atomic E-state index is -0.286. The SMILES string of the molecule is C/C=C/C=C/C(O)CC(C)C. The maximum atomic E-state index is 9.33. The number of hydrogen-bond donors (Lipinski definition) is 1. The maximum absolute atomic E-state index is 9.33. The molecule has 1 N–H and O–H groups in total. The zero-order chi connectivity index (χ0) is 8.69. The lowest BCUT2D eigenvalue weighted by Crippen LogP contribution is -2.05. The van der Waals surface area contributed by atoms with Gasteiger partial charge in [0.1, 0.15) is 0 Å². The van der Waals surface area contributed by atoms with Gasteiger partial charge in [-0.1, -0.05) is 38.2 Å². The summed E-state index contributed by atoms with van der Waals surface area (Å²) < 4.78 is 0. The molecule has 0 saturated carbocycles. The van der Waals surface area contributed by atoms with Crippen LogP contribution in [0.15, 0.2) is 24.3 Å². The van der Waals surface area contributed by atoms with Crippen molar-refractivity contribution in [2.24, 2.45) is 5.92 Å². The van der Waals surface area contributed by atoms with E-state index < -0.39 is 0 Å². The molecule has 0 spiro atoms. The van der Waals surface area contributed by atoms with Crippen LogP contribution in [0.1, 0.15) is 27.2 Å². The smallest absolute Gasteiger partial charge is 0.0726 e. The van der Waals surface area contributed by atoms with Gasteiger partial charge < -0.3 is 5.11 Å². The van der Waals surface area contributed by atoms with Crippen molar-refractivity contribution in [2.75, 3.05) is 0 Å². The van der Waals surface area contributed by atoms with Gasteiger partial charge >= 0.3 is 0 Å². The highest BCUT2D eigenvalue weighted by Crippen LogP contribution is 2.04. The van der Waals surface area contributed by atoms with Gasteiger partial charge in [0.15, 0.2) is 0 Å². The van der Waals surface area contributed by atoms with E-state index in [1.165, 1.54) is 0 Å². The summed E-state index contributed by atoms with van der Waals surface area (Å²) in [4.78, 5) is 0. The van der Waals surface area contributed by atoms with Gasteiger partial charge in [-0.05, 0) is 19.3 Å². The van der Waals surface area contributed by atoms with E-state index in [4.69, 9.17) is 0 Å². The molecule has 1 heteroatoms. The molecule has 64 valence electrons. The van der Waals surface area contributed by atoms with Crippen LogP contribution in [0, 0.1) is 5.92 Å². The summed E-state index contributed by atoms with van der Waals surface area (Å²) in [5, 5.41) is 9.33. The molecule has 0 aliphatic heterocycles. The Balaban J connectivity index is 3.59. The second kappa shape index (κ2) is 6.17. The predicted octanol–water partition coefficient (Wildman–Crippen LogP) is 2.53. The summed E-state index contributed by atoms with van der Waals surface area (Å²) in [5.41, 5.74) is 0. The van der Waals surface area contributed by atoms with Crippen molar-refractivity contribution in [3.63, 3.8) is 0 Å². The topological polar surface area (TPSA) is 20.2 Å². The summed E-state index contributed by atoms with van der Waals surface area (Å²) in [6.45, 7) is 6.17. The van der Waals surface area contributed by atoms with Crippen LogP contribution in [-0.2, 0) is 0 Å². The summed E-state index contributed by atoms with van der Waals surface area (Å²) >= 11 is 0. The lowest BCUT2D eigenvalue weighted by Gasteiger charge is -2.06. The first-order chi connectivity index (χ1) is 5.16. The fraction of sp³-hybridized carbons (Fsp3) is 0.600. The largest absolute Gasteiger partial charge is 0.389 e. The number of aliphatic hydroxyl groups is 1. The maximum Gasteiger partial charge on any atom is 0.0726 e. The third-order valence-electron chi connectivity index (χ3n) is 1.35. The normalized spacial score (nSPS) is 15.4. The van der Waals surface area contributed by atoms with E-state index >= 15 is 0 Å². The third kappa shape index (κ3) is 7.34. The zero-order valence-corrected chi connectivity index (χ0v) is 7.62. The van der Waals surface area contributed by atoms with Gasteiger partial charge in [0.2, 0.25) is 0 Å². The Hall–Kier alpha value is -0.560. The van der Waals surface area contributed by atoms with Crippen molar-refractivity contribution in [3.05, 3.63) is 24.3 Å². The van der Waals surface area contributed by atoms with E-state index in [1.807, 2.05) is 31.2 Å². The fourth-order valence-electron chi connectivity index (χ4n) is 0.865. The van der Waals surface area contributed by atoms with Crippen LogP contribution in [0.5, 0.6) is 0 Å². The molecule has 0 aliphatic carbocycles. The van der Waals surface area contributed by atoms with Crippen LogP contribution in [0.4, 0.5) is 0 Å². The van der Waals surface area contributed by atoms with Crippen LogP contribution in [0.3, 0.4) is 0 Å². The van der Waals surface area contributed by atoms with Gasteiger partial charge in [0.05, 0.1) is 6.10 Å². The van der Waals surface area contributed by atoms with E-state index in [1.54, 1.807) is 0 Å². The molecule has 0 heterocycles. The van der Waals surface area contributed by atoms with Gasteiger partial charge in [-0.3, -0.25) is 0 Å². The second-order valence-corrected chi connectivity index (χ2v) is 3.11. The molecular weight excluding hydrogens is 136 g/mol. The molecule has 0 aliphatic rings. The average Bonchev–Trinajstić information content (AvgIpc) is 1.86. The Morgan fingerprint density at radius 1 is 1.27 bits per heavy atom. The van der Waals surface area contributed by atoms with Crippen LogP contribution in [-0.4, -0.2) is 11.2 Å². The molecule has 0 rings (SSSR count). The highest BCUT2D eigenvalue weighted by Gasteiger charge is 2.00. The van der Waals surface area contributed by atoms with Crippen LogP contribution in [0.2, 0.25) is 0 Å². The summed E-state index contributed by atoms with van der Waals surface area (Å²) in [6.07, 6.45) is 8.12. The summed E-state index contributed by atoms with van der Waals surface area (Å²) in [6, 6.07) is 0. The average molecular weight is 154 g/mol. The molecule has 0 aromatic carbocycles. The second-order valence-electron chi connectivity index (χ2n) is 3.11. The third-order valence-corrected chi connectivity index (χ3v) is 1.35. The molecule has 0 radical (unpaired) electrons. The Morgan fingerprint density at radius 2 is 1.91 bits per heavy atom. The summed E-state index contributed by atoms with van der Waals surface area (Å²) in [7, 11) is 0. The van der Waals surface area contributed by atoms with Crippen LogP contribution in [0.25, 0.3) is 0 Å². The van der Waals surface area contributed by atoms with Crippen molar-refractivity contribution >= 4 is 0 Å². The van der Waals surface area contributed by atoms with Gasteiger partial charge in [0.25, 0.3) is 0 Å². The van der Waals surface area contributed by atoms with Crippen LogP contribution < -0.4 is 0 Å². The minimum Gasteiger partial charge on any atom is -0.389 e. The van der Waals surface area contributed by atoms with E-state index in [-0.39, 0.29) is 6.10 Å².